The second-order valence-electron chi connectivity index (χ2n) is 3.61. The van der Waals surface area contributed by atoms with Crippen LogP contribution in [0.25, 0.3) is 0 Å². The lowest BCUT2D eigenvalue weighted by atomic mass is 10.3. The van der Waals surface area contributed by atoms with E-state index in [1.807, 2.05) is 13.0 Å². The summed E-state index contributed by atoms with van der Waals surface area (Å²) < 4.78 is 7.10. The first-order valence-corrected chi connectivity index (χ1v) is 7.92. The second kappa shape index (κ2) is 6.79. The predicted octanol–water partition coefficient (Wildman–Crippen LogP) is 5.22. The van der Waals surface area contributed by atoms with E-state index >= 15 is 0 Å². The number of benzene rings is 1. The molecule has 1 N–H and O–H groups in total. The lowest BCUT2D eigenvalue weighted by Gasteiger charge is -2.14. The number of hydrogen-bond donors (Lipinski definition) is 1. The number of ether oxygens (including phenoxy) is 1. The van der Waals surface area contributed by atoms with E-state index in [9.17, 15) is 0 Å². The minimum absolute atomic E-state index is 0.574. The van der Waals surface area contributed by atoms with Gasteiger partial charge in [0.05, 0.1) is 29.5 Å². The van der Waals surface area contributed by atoms with Crippen LogP contribution in [0.1, 0.15) is 11.9 Å². The Balaban J connectivity index is 2.18. The van der Waals surface area contributed by atoms with Crippen LogP contribution in [0, 0.1) is 0 Å². The zero-order chi connectivity index (χ0) is 13.8. The standard InChI is InChI=1S/C12H11BrCl2N2OS/c1-2-18-12-8(13)3-7(14)4-9(12)16-6-11-17-5-10(15)19-11/h3-5,16H,2,6H2,1H3. The molecule has 1 aromatic carbocycles. The topological polar surface area (TPSA) is 34.1 Å². The maximum Gasteiger partial charge on any atom is 0.156 e. The first-order chi connectivity index (χ1) is 9.10. The fraction of sp³-hybridized carbons (Fsp3) is 0.250. The van der Waals surface area contributed by atoms with E-state index in [1.165, 1.54) is 11.3 Å². The average Bonchev–Trinajstić information content (AvgIpc) is 2.76. The normalized spacial score (nSPS) is 10.5. The molecular formula is C12H11BrCl2N2OS. The maximum absolute atomic E-state index is 6.05. The Morgan fingerprint density at radius 1 is 1.42 bits per heavy atom. The van der Waals surface area contributed by atoms with Crippen molar-refractivity contribution in [3.8, 4) is 5.75 Å². The summed E-state index contributed by atoms with van der Waals surface area (Å²) in [5, 5.41) is 4.80. The molecule has 0 aliphatic heterocycles. The zero-order valence-electron chi connectivity index (χ0n) is 10.0. The van der Waals surface area contributed by atoms with Gasteiger partial charge in [0.2, 0.25) is 0 Å². The van der Waals surface area contributed by atoms with Gasteiger partial charge in [-0.15, -0.1) is 11.3 Å². The molecule has 1 heterocycles. The molecular weight excluding hydrogens is 371 g/mol. The SMILES string of the molecule is CCOc1c(Br)cc(Cl)cc1NCc1ncc(Cl)s1. The first kappa shape index (κ1) is 14.9. The Labute approximate surface area is 134 Å². The highest BCUT2D eigenvalue weighted by Crippen LogP contribution is 2.37. The summed E-state index contributed by atoms with van der Waals surface area (Å²) in [6.45, 7) is 3.09. The number of anilines is 1. The third-order valence-electron chi connectivity index (χ3n) is 2.25. The molecule has 0 amide bonds. The Morgan fingerprint density at radius 3 is 2.84 bits per heavy atom. The van der Waals surface area contributed by atoms with Gasteiger partial charge >= 0.3 is 0 Å². The molecule has 0 saturated heterocycles. The maximum atomic E-state index is 6.05. The van der Waals surface area contributed by atoms with Gasteiger partial charge in [0.25, 0.3) is 0 Å². The third kappa shape index (κ3) is 3.99. The van der Waals surface area contributed by atoms with E-state index in [-0.39, 0.29) is 0 Å². The van der Waals surface area contributed by atoms with Gasteiger partial charge in [-0.25, -0.2) is 4.98 Å². The molecule has 0 aliphatic carbocycles. The van der Waals surface area contributed by atoms with E-state index in [1.54, 1.807) is 12.3 Å². The van der Waals surface area contributed by atoms with Gasteiger partial charge in [-0.2, -0.15) is 0 Å². The van der Waals surface area contributed by atoms with Crippen molar-refractivity contribution in [2.24, 2.45) is 0 Å². The summed E-state index contributed by atoms with van der Waals surface area (Å²) in [6, 6.07) is 3.63. The molecule has 102 valence electrons. The summed E-state index contributed by atoms with van der Waals surface area (Å²) in [7, 11) is 0. The number of halogens is 3. The first-order valence-electron chi connectivity index (χ1n) is 5.56. The molecule has 7 heteroatoms. The molecule has 3 nitrogen and oxygen atoms in total. The van der Waals surface area contributed by atoms with Gasteiger partial charge in [-0.05, 0) is 35.0 Å². The van der Waals surface area contributed by atoms with Gasteiger partial charge in [0, 0.05) is 5.02 Å². The number of nitrogens with one attached hydrogen (secondary N) is 1. The predicted molar refractivity (Wildman–Crippen MR) is 84.8 cm³/mol. The van der Waals surface area contributed by atoms with E-state index in [4.69, 9.17) is 27.9 Å². The van der Waals surface area contributed by atoms with Crippen LogP contribution in [0.5, 0.6) is 5.75 Å². The molecule has 0 fully saturated rings. The Hall–Kier alpha value is -0.490. The smallest absolute Gasteiger partial charge is 0.156 e. The van der Waals surface area contributed by atoms with Crippen molar-refractivity contribution in [3.63, 3.8) is 0 Å². The summed E-state index contributed by atoms with van der Waals surface area (Å²) in [5.41, 5.74) is 0.826. The van der Waals surface area contributed by atoms with Crippen LogP contribution in [0.2, 0.25) is 9.36 Å². The summed E-state index contributed by atoms with van der Waals surface area (Å²) in [5.74, 6) is 0.745. The van der Waals surface area contributed by atoms with Crippen LogP contribution in [-0.2, 0) is 6.54 Å². The number of rotatable bonds is 5. The molecule has 2 rings (SSSR count). The molecule has 0 atom stereocenters. The van der Waals surface area contributed by atoms with Crippen molar-refractivity contribution < 1.29 is 4.74 Å². The van der Waals surface area contributed by atoms with E-state index < -0.39 is 0 Å². The number of thiazole rings is 1. The van der Waals surface area contributed by atoms with E-state index in [2.05, 4.69) is 26.2 Å². The molecule has 0 saturated carbocycles. The van der Waals surface area contributed by atoms with Crippen LogP contribution in [0.3, 0.4) is 0 Å². The van der Waals surface area contributed by atoms with Gasteiger partial charge < -0.3 is 10.1 Å². The highest BCUT2D eigenvalue weighted by Gasteiger charge is 2.10. The second-order valence-corrected chi connectivity index (χ2v) is 6.65. The van der Waals surface area contributed by atoms with Crippen molar-refractivity contribution in [1.29, 1.82) is 0 Å². The van der Waals surface area contributed by atoms with E-state index in [0.29, 0.717) is 22.5 Å². The molecule has 2 aromatic rings. The molecule has 0 aliphatic rings. The van der Waals surface area contributed by atoms with Crippen molar-refractivity contribution in [2.45, 2.75) is 13.5 Å². The zero-order valence-corrected chi connectivity index (χ0v) is 14.0. The van der Waals surface area contributed by atoms with Gasteiger partial charge in [0.1, 0.15) is 9.34 Å². The average molecular weight is 382 g/mol. The van der Waals surface area contributed by atoms with Gasteiger partial charge in [0.15, 0.2) is 5.75 Å². The van der Waals surface area contributed by atoms with Crippen LogP contribution >= 0.6 is 50.5 Å². The molecule has 0 spiro atoms. The summed E-state index contributed by atoms with van der Waals surface area (Å²) in [6.07, 6.45) is 1.64. The van der Waals surface area contributed by atoms with E-state index in [0.717, 1.165) is 20.9 Å². The fourth-order valence-electron chi connectivity index (χ4n) is 1.52. The lowest BCUT2D eigenvalue weighted by Crippen LogP contribution is -2.03. The van der Waals surface area contributed by atoms with Crippen molar-refractivity contribution in [2.75, 3.05) is 11.9 Å². The van der Waals surface area contributed by atoms with Gasteiger partial charge in [-0.1, -0.05) is 23.2 Å². The fourth-order valence-corrected chi connectivity index (χ4v) is 3.34. The minimum atomic E-state index is 0.574. The molecule has 19 heavy (non-hydrogen) atoms. The highest BCUT2D eigenvalue weighted by molar-refractivity contribution is 9.10. The largest absolute Gasteiger partial charge is 0.491 e. The van der Waals surface area contributed by atoms with Crippen LogP contribution in [-0.4, -0.2) is 11.6 Å². The molecule has 1 aromatic heterocycles. The molecule has 0 radical (unpaired) electrons. The Bertz CT molecular complexity index is 577. The number of hydrogen-bond acceptors (Lipinski definition) is 4. The Morgan fingerprint density at radius 2 is 2.21 bits per heavy atom. The van der Waals surface area contributed by atoms with Crippen LogP contribution in [0.4, 0.5) is 5.69 Å². The molecule has 0 bridgehead atoms. The molecule has 0 unspecified atom stereocenters. The third-order valence-corrected chi connectivity index (χ3v) is 4.17. The number of aromatic nitrogens is 1. The van der Waals surface area contributed by atoms with Crippen molar-refractivity contribution >= 4 is 56.2 Å². The minimum Gasteiger partial charge on any atom is -0.491 e. The Kier molecular flexibility index (Phi) is 5.33. The highest BCUT2D eigenvalue weighted by atomic mass is 79.9. The lowest BCUT2D eigenvalue weighted by molar-refractivity contribution is 0.339. The van der Waals surface area contributed by atoms with Crippen LogP contribution < -0.4 is 10.1 Å². The quantitative estimate of drug-likeness (QED) is 0.770. The van der Waals surface area contributed by atoms with Crippen molar-refractivity contribution in [3.05, 3.63) is 37.2 Å². The van der Waals surface area contributed by atoms with Crippen LogP contribution in [0.15, 0.2) is 22.8 Å². The summed E-state index contributed by atoms with van der Waals surface area (Å²) in [4.78, 5) is 4.19. The van der Waals surface area contributed by atoms with Crippen molar-refractivity contribution in [1.82, 2.24) is 4.98 Å². The van der Waals surface area contributed by atoms with Gasteiger partial charge in [-0.3, -0.25) is 0 Å². The summed E-state index contributed by atoms with van der Waals surface area (Å²) >= 11 is 16.8. The number of nitrogens with zero attached hydrogens (tertiary/aromatic N) is 1. The monoisotopic (exact) mass is 380 g/mol.